The Bertz CT molecular complexity index is 1500. The molecule has 0 aromatic carbocycles. The second-order valence-corrected chi connectivity index (χ2v) is 24.1. The van der Waals surface area contributed by atoms with Gasteiger partial charge in [0.05, 0.1) is 26.4 Å². The fourth-order valence-electron chi connectivity index (χ4n) is 8.34. The summed E-state index contributed by atoms with van der Waals surface area (Å²) in [4.78, 5) is 71.5. The van der Waals surface area contributed by atoms with E-state index in [1.165, 1.54) is 64.2 Å². The largest absolute Gasteiger partial charge is 0.472 e. The van der Waals surface area contributed by atoms with Crippen molar-refractivity contribution in [2.24, 2.45) is 5.92 Å². The van der Waals surface area contributed by atoms with Gasteiger partial charge in [-0.1, -0.05) is 227 Å². The van der Waals surface area contributed by atoms with Gasteiger partial charge in [0.15, 0.2) is 12.2 Å². The average Bonchev–Trinajstić information content (AvgIpc) is 3.38. The van der Waals surface area contributed by atoms with Gasteiger partial charge in [-0.2, -0.15) is 0 Å². The van der Waals surface area contributed by atoms with E-state index in [2.05, 4.69) is 34.6 Å². The number of carbonyl (C=O) groups excluding carboxylic acids is 4. The van der Waals surface area contributed by atoms with Crippen LogP contribution in [0.5, 0.6) is 0 Å². The molecule has 0 aliphatic heterocycles. The van der Waals surface area contributed by atoms with Crippen LogP contribution in [0, 0.1) is 5.92 Å². The molecule has 0 aliphatic rings. The van der Waals surface area contributed by atoms with Crippen molar-refractivity contribution in [1.82, 2.24) is 0 Å². The Morgan fingerprint density at radius 3 is 0.895 bits per heavy atom. The maximum atomic E-state index is 12.9. The molecular formula is C57H110O17P2. The number of esters is 4. The molecule has 0 amide bonds. The lowest BCUT2D eigenvalue weighted by molar-refractivity contribution is -0.161. The maximum Gasteiger partial charge on any atom is 0.472 e. The van der Waals surface area contributed by atoms with Crippen LogP contribution in [0.1, 0.15) is 279 Å². The molecule has 0 aromatic rings. The first-order chi connectivity index (χ1) is 36.5. The van der Waals surface area contributed by atoms with Crippen LogP contribution >= 0.6 is 15.6 Å². The number of ether oxygens (including phenoxy) is 4. The van der Waals surface area contributed by atoms with Gasteiger partial charge in [-0.3, -0.25) is 37.3 Å². The van der Waals surface area contributed by atoms with Gasteiger partial charge in [-0.05, 0) is 31.6 Å². The third-order valence-corrected chi connectivity index (χ3v) is 14.9. The SMILES string of the molecule is CCCCCCCCCC(=O)OC[C@H](COP(=O)(O)OC[C@H](O)COP(=O)(O)OC[C@@H](COC(=O)CCCCCCCCC)OC(=O)CCCCCCCCCCCCCCC(C)C)OC(=O)CCCCCCCCC. The topological polar surface area (TPSA) is 237 Å². The molecule has 0 saturated carbocycles. The van der Waals surface area contributed by atoms with E-state index < -0.39 is 97.5 Å². The van der Waals surface area contributed by atoms with Gasteiger partial charge >= 0.3 is 39.5 Å². The number of phosphoric acid groups is 2. The number of hydrogen-bond donors (Lipinski definition) is 3. The molecule has 3 N–H and O–H groups in total. The minimum Gasteiger partial charge on any atom is -0.462 e. The zero-order valence-corrected chi connectivity index (χ0v) is 50.2. The Kier molecular flexibility index (Phi) is 49.9. The van der Waals surface area contributed by atoms with Gasteiger partial charge in [-0.15, -0.1) is 0 Å². The van der Waals surface area contributed by atoms with Gasteiger partial charge in [0.2, 0.25) is 0 Å². The van der Waals surface area contributed by atoms with Gasteiger partial charge in [-0.25, -0.2) is 9.13 Å². The molecule has 0 bridgehead atoms. The van der Waals surface area contributed by atoms with E-state index in [9.17, 15) is 43.2 Å². The smallest absolute Gasteiger partial charge is 0.462 e. The zero-order chi connectivity index (χ0) is 56.4. The van der Waals surface area contributed by atoms with Crippen LogP contribution in [0.3, 0.4) is 0 Å². The molecule has 450 valence electrons. The second-order valence-electron chi connectivity index (χ2n) is 21.2. The van der Waals surface area contributed by atoms with Crippen molar-refractivity contribution < 1.29 is 80.2 Å². The molecule has 19 heteroatoms. The molecular weight excluding hydrogens is 1020 g/mol. The number of rotatable bonds is 57. The molecule has 76 heavy (non-hydrogen) atoms. The standard InChI is InChI=1S/C57H110O17P2/c1-6-9-12-15-24-30-35-40-54(59)67-46-52(73-56(61)42-37-32-26-17-14-11-8-3)48-71-75(63,64)69-44-51(58)45-70-76(65,66)72-49-53(47-68-55(60)41-36-31-25-16-13-10-7-2)74-57(62)43-38-33-28-23-21-19-18-20-22-27-29-34-39-50(4)5/h50-53,58H,6-49H2,1-5H3,(H,63,64)(H,65,66)/t51-,52+,53+/m0/s1. The van der Waals surface area contributed by atoms with Crippen LogP contribution in [0.15, 0.2) is 0 Å². The number of hydrogen-bond acceptors (Lipinski definition) is 15. The highest BCUT2D eigenvalue weighted by Gasteiger charge is 2.30. The van der Waals surface area contributed by atoms with Crippen LogP contribution in [0.2, 0.25) is 0 Å². The second kappa shape index (κ2) is 51.2. The number of phosphoric ester groups is 2. The Morgan fingerprint density at radius 2 is 0.605 bits per heavy atom. The highest BCUT2D eigenvalue weighted by molar-refractivity contribution is 7.47. The lowest BCUT2D eigenvalue weighted by Crippen LogP contribution is -2.30. The molecule has 0 radical (unpaired) electrons. The highest BCUT2D eigenvalue weighted by Crippen LogP contribution is 2.45. The lowest BCUT2D eigenvalue weighted by Gasteiger charge is -2.21. The van der Waals surface area contributed by atoms with Crippen molar-refractivity contribution in [3.8, 4) is 0 Å². The summed E-state index contributed by atoms with van der Waals surface area (Å²) in [6.45, 7) is 7.02. The van der Waals surface area contributed by atoms with E-state index >= 15 is 0 Å². The first-order valence-electron chi connectivity index (χ1n) is 30.1. The molecule has 0 aliphatic carbocycles. The number of carbonyl (C=O) groups is 4. The van der Waals surface area contributed by atoms with Gasteiger partial charge < -0.3 is 33.8 Å². The normalized spacial score (nSPS) is 14.4. The summed E-state index contributed by atoms with van der Waals surface area (Å²) in [5, 5.41) is 10.5. The Morgan fingerprint density at radius 1 is 0.355 bits per heavy atom. The summed E-state index contributed by atoms with van der Waals surface area (Å²) < 4.78 is 67.4. The maximum absolute atomic E-state index is 12.9. The van der Waals surface area contributed by atoms with Gasteiger partial charge in [0.25, 0.3) is 0 Å². The first kappa shape index (κ1) is 74.1. The summed E-state index contributed by atoms with van der Waals surface area (Å²) in [5.41, 5.74) is 0. The van der Waals surface area contributed by atoms with Crippen LogP contribution in [0.25, 0.3) is 0 Å². The molecule has 0 rings (SSSR count). The van der Waals surface area contributed by atoms with E-state index in [4.69, 9.17) is 37.0 Å². The number of unbranched alkanes of at least 4 members (excludes halogenated alkanes) is 29. The summed E-state index contributed by atoms with van der Waals surface area (Å²) >= 11 is 0. The predicted molar refractivity (Wildman–Crippen MR) is 298 cm³/mol. The third kappa shape index (κ3) is 51.5. The summed E-state index contributed by atoms with van der Waals surface area (Å²) in [6, 6.07) is 0. The van der Waals surface area contributed by atoms with Gasteiger partial charge in [0.1, 0.15) is 19.3 Å². The zero-order valence-electron chi connectivity index (χ0n) is 48.4. The van der Waals surface area contributed by atoms with E-state index in [0.29, 0.717) is 25.7 Å². The van der Waals surface area contributed by atoms with Crippen molar-refractivity contribution in [2.45, 2.75) is 297 Å². The van der Waals surface area contributed by atoms with Crippen LogP contribution < -0.4 is 0 Å². The van der Waals surface area contributed by atoms with Crippen molar-refractivity contribution in [2.75, 3.05) is 39.6 Å². The molecule has 0 spiro atoms. The van der Waals surface area contributed by atoms with Crippen LogP contribution in [-0.4, -0.2) is 96.7 Å². The summed E-state index contributed by atoms with van der Waals surface area (Å²) in [5.74, 6) is -1.38. The Hall–Kier alpha value is -1.94. The monoisotopic (exact) mass is 1130 g/mol. The van der Waals surface area contributed by atoms with E-state index in [1.807, 2.05) is 0 Å². The van der Waals surface area contributed by atoms with Crippen molar-refractivity contribution in [1.29, 1.82) is 0 Å². The molecule has 0 heterocycles. The minimum atomic E-state index is -4.93. The predicted octanol–water partition coefficient (Wildman–Crippen LogP) is 15.1. The van der Waals surface area contributed by atoms with Crippen molar-refractivity contribution in [3.05, 3.63) is 0 Å². The minimum absolute atomic E-state index is 0.103. The van der Waals surface area contributed by atoms with Gasteiger partial charge in [0, 0.05) is 25.7 Å². The van der Waals surface area contributed by atoms with E-state index in [0.717, 1.165) is 134 Å². The lowest BCUT2D eigenvalue weighted by atomic mass is 10.0. The third-order valence-electron chi connectivity index (χ3n) is 13.0. The number of aliphatic hydroxyl groups excluding tert-OH is 1. The Balaban J connectivity index is 5.13. The highest BCUT2D eigenvalue weighted by atomic mass is 31.2. The fourth-order valence-corrected chi connectivity index (χ4v) is 9.92. The number of aliphatic hydroxyl groups is 1. The van der Waals surface area contributed by atoms with Crippen LogP contribution in [-0.2, 0) is 65.4 Å². The molecule has 0 fully saturated rings. The molecule has 0 saturated heterocycles. The van der Waals surface area contributed by atoms with Crippen LogP contribution in [0.4, 0.5) is 0 Å². The Labute approximate surface area is 460 Å². The molecule has 0 aromatic heterocycles. The van der Waals surface area contributed by atoms with Crippen molar-refractivity contribution in [3.63, 3.8) is 0 Å². The fraction of sp³-hybridized carbons (Fsp3) is 0.930. The summed E-state index contributed by atoms with van der Waals surface area (Å²) in [6.07, 6.45) is 32.4. The van der Waals surface area contributed by atoms with Crippen molar-refractivity contribution >= 4 is 39.5 Å². The molecule has 17 nitrogen and oxygen atoms in total. The molecule has 5 atom stereocenters. The van der Waals surface area contributed by atoms with E-state index in [-0.39, 0.29) is 25.7 Å². The first-order valence-corrected chi connectivity index (χ1v) is 33.1. The average molecular weight is 1130 g/mol. The quantitative estimate of drug-likeness (QED) is 0.0222. The summed E-state index contributed by atoms with van der Waals surface area (Å²) in [7, 11) is -9.86. The molecule has 2 unspecified atom stereocenters. The van der Waals surface area contributed by atoms with E-state index in [1.54, 1.807) is 0 Å².